The Balaban J connectivity index is 0.00000242. The maximum absolute atomic E-state index is 12.2. The third kappa shape index (κ3) is 4.87. The summed E-state index contributed by atoms with van der Waals surface area (Å²) in [5, 5.41) is 6.44. The van der Waals surface area contributed by atoms with E-state index in [1.165, 1.54) is 0 Å². The lowest BCUT2D eigenvalue weighted by Gasteiger charge is -2.28. The van der Waals surface area contributed by atoms with Crippen LogP contribution in [0.1, 0.15) is 30.1 Å². The van der Waals surface area contributed by atoms with Crippen molar-refractivity contribution in [2.45, 2.75) is 25.3 Å². The zero-order valence-corrected chi connectivity index (χ0v) is 14.0. The molecule has 1 saturated heterocycles. The van der Waals surface area contributed by atoms with Gasteiger partial charge in [0.25, 0.3) is 5.91 Å². The summed E-state index contributed by atoms with van der Waals surface area (Å²) in [6.45, 7) is 4.72. The van der Waals surface area contributed by atoms with Crippen LogP contribution in [0.25, 0.3) is 0 Å². The van der Waals surface area contributed by atoms with Crippen molar-refractivity contribution in [2.75, 3.05) is 33.4 Å². The number of methoxy groups -OCH3 is 1. The number of amides is 1. The number of hydrogen-bond acceptors (Lipinski definition) is 4. The van der Waals surface area contributed by atoms with Gasteiger partial charge in [-0.2, -0.15) is 0 Å². The molecule has 0 aromatic heterocycles. The van der Waals surface area contributed by atoms with Gasteiger partial charge in [0.2, 0.25) is 0 Å². The van der Waals surface area contributed by atoms with E-state index in [4.69, 9.17) is 9.47 Å². The fourth-order valence-corrected chi connectivity index (χ4v) is 2.69. The molecular weight excluding hydrogens is 304 g/mol. The lowest BCUT2D eigenvalue weighted by molar-refractivity contribution is 0.0892. The molecule has 1 atom stereocenters. The summed E-state index contributed by atoms with van der Waals surface area (Å²) in [6.07, 6.45) is 2.13. The van der Waals surface area contributed by atoms with E-state index in [2.05, 4.69) is 10.6 Å². The van der Waals surface area contributed by atoms with Gasteiger partial charge in [-0.25, -0.2) is 0 Å². The van der Waals surface area contributed by atoms with Crippen molar-refractivity contribution in [3.8, 4) is 5.75 Å². The molecule has 0 radical (unpaired) electrons. The number of carbonyl (C=O) groups excluding carboxylic acids is 1. The number of halogens is 1. The maximum Gasteiger partial charge on any atom is 0.251 e. The monoisotopic (exact) mass is 328 g/mol. The van der Waals surface area contributed by atoms with Gasteiger partial charge < -0.3 is 20.1 Å². The first-order valence-corrected chi connectivity index (χ1v) is 7.44. The largest absolute Gasteiger partial charge is 0.494 e. The van der Waals surface area contributed by atoms with E-state index in [0.29, 0.717) is 25.3 Å². The molecule has 1 amide bonds. The predicted octanol–water partition coefficient (Wildman–Crippen LogP) is 2.01. The lowest BCUT2D eigenvalue weighted by Crippen LogP contribution is -2.52. The van der Waals surface area contributed by atoms with Crippen molar-refractivity contribution in [3.05, 3.63) is 29.8 Å². The zero-order chi connectivity index (χ0) is 15.1. The quantitative estimate of drug-likeness (QED) is 0.804. The molecule has 2 rings (SSSR count). The molecule has 0 bridgehead atoms. The summed E-state index contributed by atoms with van der Waals surface area (Å²) in [6, 6.07) is 7.20. The van der Waals surface area contributed by atoms with Crippen LogP contribution < -0.4 is 15.4 Å². The van der Waals surface area contributed by atoms with Crippen molar-refractivity contribution in [1.29, 1.82) is 0 Å². The van der Waals surface area contributed by atoms with E-state index in [-0.39, 0.29) is 23.9 Å². The molecule has 1 aromatic carbocycles. The number of ether oxygens (including phenoxy) is 2. The Labute approximate surface area is 138 Å². The van der Waals surface area contributed by atoms with E-state index >= 15 is 0 Å². The van der Waals surface area contributed by atoms with Gasteiger partial charge in [-0.15, -0.1) is 12.4 Å². The highest BCUT2D eigenvalue weighted by atomic mass is 35.5. The Morgan fingerprint density at radius 1 is 1.36 bits per heavy atom. The van der Waals surface area contributed by atoms with Gasteiger partial charge in [0.1, 0.15) is 5.75 Å². The van der Waals surface area contributed by atoms with Crippen LogP contribution in [0.5, 0.6) is 5.75 Å². The first kappa shape index (κ1) is 18.7. The second-order valence-corrected chi connectivity index (χ2v) is 5.38. The van der Waals surface area contributed by atoms with Crippen LogP contribution in [0.4, 0.5) is 0 Å². The highest BCUT2D eigenvalue weighted by Gasteiger charge is 2.33. The minimum Gasteiger partial charge on any atom is -0.494 e. The predicted molar refractivity (Wildman–Crippen MR) is 89.0 cm³/mol. The molecule has 0 spiro atoms. The molecule has 0 saturated carbocycles. The molecule has 22 heavy (non-hydrogen) atoms. The van der Waals surface area contributed by atoms with Crippen molar-refractivity contribution >= 4 is 18.3 Å². The molecule has 2 N–H and O–H groups in total. The van der Waals surface area contributed by atoms with Crippen LogP contribution in [-0.2, 0) is 4.74 Å². The number of hydrogen-bond donors (Lipinski definition) is 2. The fourth-order valence-electron chi connectivity index (χ4n) is 2.69. The Bertz CT molecular complexity index is 459. The Hall–Kier alpha value is -1.30. The average Bonchev–Trinajstić information content (AvgIpc) is 2.95. The minimum absolute atomic E-state index is 0. The smallest absolute Gasteiger partial charge is 0.251 e. The minimum atomic E-state index is -0.129. The summed E-state index contributed by atoms with van der Waals surface area (Å²) in [7, 11) is 1.69. The Morgan fingerprint density at radius 2 is 2.09 bits per heavy atom. The molecular formula is C16H25ClN2O3. The SMILES string of the molecule is CCOc1ccc(C(=O)NCC2(COC)CCCN2)cc1.Cl. The maximum atomic E-state index is 12.2. The summed E-state index contributed by atoms with van der Waals surface area (Å²) < 4.78 is 10.7. The highest BCUT2D eigenvalue weighted by Crippen LogP contribution is 2.19. The van der Waals surface area contributed by atoms with Gasteiger partial charge in [-0.05, 0) is 50.6 Å². The van der Waals surface area contributed by atoms with Crippen molar-refractivity contribution in [2.24, 2.45) is 0 Å². The number of rotatable bonds is 7. The van der Waals surface area contributed by atoms with Gasteiger partial charge in [0, 0.05) is 19.2 Å². The number of carbonyl (C=O) groups is 1. The van der Waals surface area contributed by atoms with Crippen LogP contribution >= 0.6 is 12.4 Å². The standard InChI is InChI=1S/C16H24N2O3.ClH/c1-3-21-14-7-5-13(6-8-14)15(19)17-11-16(12-20-2)9-4-10-18-16;/h5-8,18H,3-4,9-12H2,1-2H3,(H,17,19);1H. The molecule has 1 unspecified atom stereocenters. The average molecular weight is 329 g/mol. The van der Waals surface area contributed by atoms with E-state index < -0.39 is 0 Å². The summed E-state index contributed by atoms with van der Waals surface area (Å²) in [5.74, 6) is 0.713. The third-order valence-corrected chi connectivity index (χ3v) is 3.77. The fraction of sp³-hybridized carbons (Fsp3) is 0.562. The van der Waals surface area contributed by atoms with Crippen LogP contribution in [0, 0.1) is 0 Å². The summed E-state index contributed by atoms with van der Waals surface area (Å²) >= 11 is 0. The molecule has 6 heteroatoms. The highest BCUT2D eigenvalue weighted by molar-refractivity contribution is 5.94. The normalized spacial score (nSPS) is 20.3. The number of nitrogens with one attached hydrogen (secondary N) is 2. The van der Waals surface area contributed by atoms with Crippen LogP contribution in [0.15, 0.2) is 24.3 Å². The van der Waals surface area contributed by atoms with Crippen LogP contribution in [0.3, 0.4) is 0 Å². The van der Waals surface area contributed by atoms with Crippen molar-refractivity contribution < 1.29 is 14.3 Å². The second kappa shape index (κ2) is 8.98. The van der Waals surface area contributed by atoms with Crippen LogP contribution in [-0.4, -0.2) is 44.9 Å². The molecule has 0 aliphatic carbocycles. The third-order valence-electron chi connectivity index (χ3n) is 3.77. The first-order chi connectivity index (χ1) is 10.2. The summed E-state index contributed by atoms with van der Waals surface area (Å²) in [5.41, 5.74) is 0.513. The zero-order valence-electron chi connectivity index (χ0n) is 13.2. The van der Waals surface area contributed by atoms with E-state index in [1.54, 1.807) is 19.2 Å². The molecule has 124 valence electrons. The van der Waals surface area contributed by atoms with E-state index in [9.17, 15) is 4.79 Å². The lowest BCUT2D eigenvalue weighted by atomic mass is 9.98. The van der Waals surface area contributed by atoms with Crippen molar-refractivity contribution in [3.63, 3.8) is 0 Å². The number of benzene rings is 1. The van der Waals surface area contributed by atoms with Gasteiger partial charge >= 0.3 is 0 Å². The van der Waals surface area contributed by atoms with Crippen molar-refractivity contribution in [1.82, 2.24) is 10.6 Å². The Kier molecular flexibility index (Phi) is 7.65. The van der Waals surface area contributed by atoms with E-state index in [1.807, 2.05) is 19.1 Å². The van der Waals surface area contributed by atoms with Gasteiger partial charge in [0.15, 0.2) is 0 Å². The van der Waals surface area contributed by atoms with Crippen LogP contribution in [0.2, 0.25) is 0 Å². The molecule has 5 nitrogen and oxygen atoms in total. The Morgan fingerprint density at radius 3 is 2.64 bits per heavy atom. The molecule has 1 aliphatic heterocycles. The molecule has 1 aromatic rings. The summed E-state index contributed by atoms with van der Waals surface area (Å²) in [4.78, 5) is 12.2. The van der Waals surface area contributed by atoms with Gasteiger partial charge in [0.05, 0.1) is 18.8 Å². The van der Waals surface area contributed by atoms with Gasteiger partial charge in [-0.3, -0.25) is 4.79 Å². The first-order valence-electron chi connectivity index (χ1n) is 7.44. The van der Waals surface area contributed by atoms with E-state index in [0.717, 1.165) is 25.1 Å². The topological polar surface area (TPSA) is 59.6 Å². The molecule has 1 aliphatic rings. The van der Waals surface area contributed by atoms with Gasteiger partial charge in [-0.1, -0.05) is 0 Å². The second-order valence-electron chi connectivity index (χ2n) is 5.38. The molecule has 1 fully saturated rings. The molecule has 1 heterocycles.